The summed E-state index contributed by atoms with van der Waals surface area (Å²) in [5.74, 6) is 0. The molecule has 2 aromatic carbocycles. The maximum atomic E-state index is 11.7. The van der Waals surface area contributed by atoms with Crippen LogP contribution in [0.25, 0.3) is 0 Å². The first-order valence-corrected chi connectivity index (χ1v) is 8.03. The average molecular weight is 352 g/mol. The smallest absolute Gasteiger partial charge is 0.282 e. The molecule has 0 aliphatic rings. The van der Waals surface area contributed by atoms with Gasteiger partial charge in [0.1, 0.15) is 4.90 Å². The summed E-state index contributed by atoms with van der Waals surface area (Å²) in [6, 6.07) is 8.92. The Hall–Kier alpha value is -2.85. The van der Waals surface area contributed by atoms with Crippen LogP contribution >= 0.6 is 0 Å². The van der Waals surface area contributed by atoms with Gasteiger partial charge in [-0.15, -0.1) is 0 Å². The molecule has 0 aromatic heterocycles. The normalized spacial score (nSPS) is 11.2. The van der Waals surface area contributed by atoms with Gasteiger partial charge in [0, 0.05) is 12.5 Å². The summed E-state index contributed by atoms with van der Waals surface area (Å²) in [6.07, 6.45) is -0.255. The van der Waals surface area contributed by atoms with Crippen LogP contribution in [-0.4, -0.2) is 22.8 Å². The van der Waals surface area contributed by atoms with Crippen LogP contribution in [0.1, 0.15) is 16.7 Å². The van der Waals surface area contributed by atoms with Gasteiger partial charge in [0.2, 0.25) is 0 Å². The van der Waals surface area contributed by atoms with Crippen molar-refractivity contribution in [3.05, 3.63) is 73.3 Å². The third-order valence-corrected chi connectivity index (χ3v) is 4.46. The average Bonchev–Trinajstić information content (AvgIpc) is 2.45. The molecule has 10 heteroatoms. The molecule has 2 aromatic rings. The Kier molecular flexibility index (Phi) is 4.62. The molecule has 0 radical (unpaired) electrons. The number of rotatable bonds is 5. The Labute approximate surface area is 136 Å². The van der Waals surface area contributed by atoms with E-state index >= 15 is 0 Å². The van der Waals surface area contributed by atoms with Gasteiger partial charge >= 0.3 is 11.4 Å². The zero-order valence-corrected chi connectivity index (χ0v) is 13.2. The standard InChI is InChI=1S/C14H12N2O7S/c1-9-7-12(15(17)18)13(16(19)20)11(14(9)24(21,22)23)8-10-5-3-2-4-6-10/h2-7H,8H2,1H3,(H,21,22,23). The van der Waals surface area contributed by atoms with Crippen molar-refractivity contribution in [2.45, 2.75) is 18.2 Å². The molecule has 0 saturated heterocycles. The van der Waals surface area contributed by atoms with E-state index < -0.39 is 41.8 Å². The Morgan fingerprint density at radius 3 is 2.12 bits per heavy atom. The van der Waals surface area contributed by atoms with Gasteiger partial charge in [0.25, 0.3) is 10.1 Å². The summed E-state index contributed by atoms with van der Waals surface area (Å²) >= 11 is 0. The minimum absolute atomic E-state index is 0.138. The molecule has 0 amide bonds. The molecule has 0 unspecified atom stereocenters. The molecular formula is C14H12N2O7S. The van der Waals surface area contributed by atoms with Crippen LogP contribution in [0, 0.1) is 27.2 Å². The molecular weight excluding hydrogens is 340 g/mol. The zero-order chi connectivity index (χ0) is 18.1. The summed E-state index contributed by atoms with van der Waals surface area (Å²) in [4.78, 5) is 19.8. The van der Waals surface area contributed by atoms with E-state index in [0.29, 0.717) is 5.56 Å². The van der Waals surface area contributed by atoms with Gasteiger partial charge in [0.15, 0.2) is 0 Å². The lowest BCUT2D eigenvalue weighted by molar-refractivity contribution is -0.423. The summed E-state index contributed by atoms with van der Waals surface area (Å²) in [7, 11) is -4.81. The van der Waals surface area contributed by atoms with Crippen LogP contribution in [0.15, 0.2) is 41.3 Å². The van der Waals surface area contributed by atoms with Crippen molar-refractivity contribution in [1.29, 1.82) is 0 Å². The van der Waals surface area contributed by atoms with Crippen molar-refractivity contribution >= 4 is 21.5 Å². The fraction of sp³-hybridized carbons (Fsp3) is 0.143. The molecule has 0 heterocycles. The van der Waals surface area contributed by atoms with E-state index in [4.69, 9.17) is 0 Å². The highest BCUT2D eigenvalue weighted by Gasteiger charge is 2.35. The number of nitro benzene ring substituents is 2. The maximum Gasteiger partial charge on any atom is 0.350 e. The Morgan fingerprint density at radius 1 is 1.08 bits per heavy atom. The number of aryl methyl sites for hydroxylation is 1. The molecule has 0 aliphatic heterocycles. The number of nitrogens with zero attached hydrogens (tertiary/aromatic N) is 2. The van der Waals surface area contributed by atoms with Gasteiger partial charge in [-0.25, -0.2) is 0 Å². The quantitative estimate of drug-likeness (QED) is 0.495. The van der Waals surface area contributed by atoms with Crippen molar-refractivity contribution in [2.75, 3.05) is 0 Å². The predicted octanol–water partition coefficient (Wildman–Crippen LogP) is 2.65. The number of nitro groups is 2. The Morgan fingerprint density at radius 2 is 1.67 bits per heavy atom. The predicted molar refractivity (Wildman–Crippen MR) is 83.6 cm³/mol. The molecule has 24 heavy (non-hydrogen) atoms. The number of hydrogen-bond acceptors (Lipinski definition) is 6. The lowest BCUT2D eigenvalue weighted by atomic mass is 10.00. The Balaban J connectivity index is 2.89. The highest BCUT2D eigenvalue weighted by atomic mass is 32.2. The summed E-state index contributed by atoms with van der Waals surface area (Å²) < 4.78 is 32.8. The Bertz CT molecular complexity index is 924. The molecule has 0 spiro atoms. The molecule has 9 nitrogen and oxygen atoms in total. The van der Waals surface area contributed by atoms with Crippen molar-refractivity contribution in [3.63, 3.8) is 0 Å². The zero-order valence-electron chi connectivity index (χ0n) is 12.4. The van der Waals surface area contributed by atoms with Gasteiger partial charge < -0.3 is 0 Å². The molecule has 0 bridgehead atoms. The first-order valence-electron chi connectivity index (χ1n) is 6.59. The van der Waals surface area contributed by atoms with E-state index in [9.17, 15) is 33.2 Å². The van der Waals surface area contributed by atoms with Gasteiger partial charge in [-0.2, -0.15) is 8.42 Å². The lowest BCUT2D eigenvalue weighted by Gasteiger charge is -2.11. The molecule has 0 saturated carbocycles. The lowest BCUT2D eigenvalue weighted by Crippen LogP contribution is -2.11. The first-order chi connectivity index (χ1) is 11.1. The summed E-state index contributed by atoms with van der Waals surface area (Å²) in [6.45, 7) is 1.23. The van der Waals surface area contributed by atoms with E-state index in [0.717, 1.165) is 6.07 Å². The monoisotopic (exact) mass is 352 g/mol. The highest BCUT2D eigenvalue weighted by Crippen LogP contribution is 2.38. The molecule has 1 N–H and O–H groups in total. The maximum absolute atomic E-state index is 11.7. The van der Waals surface area contributed by atoms with Crippen LogP contribution in [0.2, 0.25) is 0 Å². The van der Waals surface area contributed by atoms with Crippen molar-refractivity contribution < 1.29 is 22.8 Å². The minimum Gasteiger partial charge on any atom is -0.282 e. The largest absolute Gasteiger partial charge is 0.350 e. The van der Waals surface area contributed by atoms with E-state index in [2.05, 4.69) is 0 Å². The molecule has 2 rings (SSSR count). The van der Waals surface area contributed by atoms with Crippen LogP contribution in [-0.2, 0) is 16.5 Å². The molecule has 0 aliphatic carbocycles. The van der Waals surface area contributed by atoms with Crippen LogP contribution in [0.3, 0.4) is 0 Å². The number of benzene rings is 2. The van der Waals surface area contributed by atoms with Gasteiger partial charge in [-0.3, -0.25) is 24.8 Å². The topological polar surface area (TPSA) is 141 Å². The van der Waals surface area contributed by atoms with Gasteiger partial charge in [0.05, 0.1) is 15.4 Å². The van der Waals surface area contributed by atoms with Gasteiger partial charge in [-0.05, 0) is 18.1 Å². The summed E-state index contributed by atoms with van der Waals surface area (Å²) in [5, 5.41) is 22.5. The van der Waals surface area contributed by atoms with Crippen LogP contribution in [0.5, 0.6) is 0 Å². The second-order valence-electron chi connectivity index (χ2n) is 5.02. The summed E-state index contributed by atoms with van der Waals surface area (Å²) in [5.41, 5.74) is -1.82. The second kappa shape index (κ2) is 6.34. The SMILES string of the molecule is Cc1cc([N+](=O)[O-])c([N+](=O)[O-])c(Cc2ccccc2)c1S(=O)(=O)O. The molecule has 126 valence electrons. The number of hydrogen-bond donors (Lipinski definition) is 1. The van der Waals surface area contributed by atoms with Crippen molar-refractivity contribution in [3.8, 4) is 0 Å². The van der Waals surface area contributed by atoms with E-state index in [-0.39, 0.29) is 12.0 Å². The van der Waals surface area contributed by atoms with Crippen LogP contribution in [0.4, 0.5) is 11.4 Å². The van der Waals surface area contributed by atoms with E-state index in [1.807, 2.05) is 0 Å². The third-order valence-electron chi connectivity index (χ3n) is 3.37. The highest BCUT2D eigenvalue weighted by molar-refractivity contribution is 7.86. The van der Waals surface area contributed by atoms with Crippen molar-refractivity contribution in [1.82, 2.24) is 0 Å². The van der Waals surface area contributed by atoms with Crippen LogP contribution < -0.4 is 0 Å². The van der Waals surface area contributed by atoms with E-state index in [1.54, 1.807) is 30.3 Å². The fourth-order valence-corrected chi connectivity index (χ4v) is 3.45. The van der Waals surface area contributed by atoms with Crippen molar-refractivity contribution in [2.24, 2.45) is 0 Å². The minimum atomic E-state index is -4.81. The first kappa shape index (κ1) is 17.5. The second-order valence-corrected chi connectivity index (χ2v) is 6.38. The van der Waals surface area contributed by atoms with E-state index in [1.165, 1.54) is 6.92 Å². The van der Waals surface area contributed by atoms with Gasteiger partial charge in [-0.1, -0.05) is 30.3 Å². The molecule has 0 fully saturated rings. The molecule has 0 atom stereocenters. The fourth-order valence-electron chi connectivity index (χ4n) is 2.51. The third kappa shape index (κ3) is 3.39.